The van der Waals surface area contributed by atoms with Gasteiger partial charge in [0.2, 0.25) is 5.91 Å². The molecule has 9 heteroatoms. The second-order valence-corrected chi connectivity index (χ2v) is 6.44. The van der Waals surface area contributed by atoms with E-state index in [-0.39, 0.29) is 5.91 Å². The third-order valence-electron chi connectivity index (χ3n) is 3.96. The first-order valence-corrected chi connectivity index (χ1v) is 9.20. The van der Waals surface area contributed by atoms with Crippen molar-refractivity contribution in [2.75, 3.05) is 19.8 Å². The maximum atomic E-state index is 11.8. The average Bonchev–Trinajstić information content (AvgIpc) is 2.68. The maximum Gasteiger partial charge on any atom is 0.344 e. The quantitative estimate of drug-likeness (QED) is 0.473. The molecule has 2 N–H and O–H groups in total. The largest absolute Gasteiger partial charge is 0.482 e. The Kier molecular flexibility index (Phi) is 7.76. The minimum Gasteiger partial charge on any atom is -0.482 e. The molecule has 1 aromatic heterocycles. The normalized spacial score (nSPS) is 11.6. The molecule has 0 spiro atoms. The molecule has 0 saturated carbocycles. The summed E-state index contributed by atoms with van der Waals surface area (Å²) in [6, 6.07) is 5.50. The SMILES string of the molecule is CCCNC(=O)[C@H](C)NC(=O)COC(=O)COc1ccc2c(C)cc(=O)oc2c1. The number of carbonyl (C=O) groups is 3. The zero-order valence-corrected chi connectivity index (χ0v) is 16.6. The van der Waals surface area contributed by atoms with Crippen LogP contribution in [-0.4, -0.2) is 43.6 Å². The van der Waals surface area contributed by atoms with E-state index >= 15 is 0 Å². The number of benzene rings is 1. The molecule has 9 nitrogen and oxygen atoms in total. The van der Waals surface area contributed by atoms with Gasteiger partial charge in [-0.25, -0.2) is 9.59 Å². The summed E-state index contributed by atoms with van der Waals surface area (Å²) in [5, 5.41) is 5.85. The van der Waals surface area contributed by atoms with Crippen LogP contribution in [0.25, 0.3) is 11.0 Å². The molecule has 1 aromatic carbocycles. The van der Waals surface area contributed by atoms with Gasteiger partial charge in [-0.2, -0.15) is 0 Å². The van der Waals surface area contributed by atoms with Gasteiger partial charge in [-0.3, -0.25) is 9.59 Å². The van der Waals surface area contributed by atoms with Crippen LogP contribution in [0.4, 0.5) is 0 Å². The minimum atomic E-state index is -0.756. The van der Waals surface area contributed by atoms with Gasteiger partial charge >= 0.3 is 11.6 Å². The number of rotatable bonds is 9. The summed E-state index contributed by atoms with van der Waals surface area (Å²) >= 11 is 0. The lowest BCUT2D eigenvalue weighted by Gasteiger charge is -2.14. The first-order valence-electron chi connectivity index (χ1n) is 9.20. The van der Waals surface area contributed by atoms with E-state index in [4.69, 9.17) is 13.9 Å². The summed E-state index contributed by atoms with van der Waals surface area (Å²) in [4.78, 5) is 46.7. The van der Waals surface area contributed by atoms with E-state index in [0.717, 1.165) is 17.4 Å². The summed E-state index contributed by atoms with van der Waals surface area (Å²) in [7, 11) is 0. The topological polar surface area (TPSA) is 124 Å². The molecule has 1 heterocycles. The second kappa shape index (κ2) is 10.3. The smallest absolute Gasteiger partial charge is 0.344 e. The summed E-state index contributed by atoms with van der Waals surface area (Å²) in [5.74, 6) is -1.35. The molecular weight excluding hydrogens is 380 g/mol. The highest BCUT2D eigenvalue weighted by Crippen LogP contribution is 2.22. The highest BCUT2D eigenvalue weighted by molar-refractivity contribution is 5.88. The number of aryl methyl sites for hydroxylation is 1. The van der Waals surface area contributed by atoms with Crippen molar-refractivity contribution < 1.29 is 28.3 Å². The van der Waals surface area contributed by atoms with Crippen molar-refractivity contribution in [3.05, 3.63) is 40.2 Å². The van der Waals surface area contributed by atoms with E-state index in [1.807, 2.05) is 6.92 Å². The highest BCUT2D eigenvalue weighted by Gasteiger charge is 2.16. The third kappa shape index (κ3) is 6.63. The van der Waals surface area contributed by atoms with Crippen LogP contribution in [-0.2, 0) is 19.1 Å². The number of fused-ring (bicyclic) bond motifs is 1. The molecule has 0 unspecified atom stereocenters. The lowest BCUT2D eigenvalue weighted by Crippen LogP contribution is -2.46. The van der Waals surface area contributed by atoms with Crippen molar-refractivity contribution in [2.24, 2.45) is 0 Å². The third-order valence-corrected chi connectivity index (χ3v) is 3.96. The molecule has 156 valence electrons. The van der Waals surface area contributed by atoms with Gasteiger partial charge in [0.05, 0.1) is 0 Å². The molecule has 0 bridgehead atoms. The van der Waals surface area contributed by atoms with Crippen LogP contribution in [0.3, 0.4) is 0 Å². The van der Waals surface area contributed by atoms with Crippen molar-refractivity contribution in [3.63, 3.8) is 0 Å². The lowest BCUT2D eigenvalue weighted by atomic mass is 10.1. The van der Waals surface area contributed by atoms with E-state index in [9.17, 15) is 19.2 Å². The number of esters is 1. The Morgan fingerprint density at radius 2 is 1.93 bits per heavy atom. The molecule has 2 aromatic rings. The highest BCUT2D eigenvalue weighted by atomic mass is 16.6. The lowest BCUT2D eigenvalue weighted by molar-refractivity contribution is -0.150. The maximum absolute atomic E-state index is 11.8. The summed E-state index contributed by atoms with van der Waals surface area (Å²) in [6.45, 7) is 4.80. The Bertz CT molecular complexity index is 951. The van der Waals surface area contributed by atoms with Gasteiger partial charge in [-0.15, -0.1) is 0 Å². The monoisotopic (exact) mass is 404 g/mol. The molecule has 0 saturated heterocycles. The van der Waals surface area contributed by atoms with Crippen LogP contribution in [0.1, 0.15) is 25.8 Å². The molecule has 29 heavy (non-hydrogen) atoms. The molecule has 2 amide bonds. The van der Waals surface area contributed by atoms with Crippen molar-refractivity contribution >= 4 is 28.8 Å². The number of carbonyl (C=O) groups excluding carboxylic acids is 3. The molecule has 0 radical (unpaired) electrons. The van der Waals surface area contributed by atoms with Crippen LogP contribution in [0, 0.1) is 6.92 Å². The molecule has 0 aliphatic rings. The Morgan fingerprint density at radius 1 is 1.17 bits per heavy atom. The Labute approximate surface area is 167 Å². The first kappa shape index (κ1) is 21.9. The van der Waals surface area contributed by atoms with Crippen molar-refractivity contribution in [1.29, 1.82) is 0 Å². The molecule has 0 aliphatic carbocycles. The van der Waals surface area contributed by atoms with Gasteiger partial charge in [0, 0.05) is 24.1 Å². The summed E-state index contributed by atoms with van der Waals surface area (Å²) in [6.07, 6.45) is 0.785. The zero-order valence-electron chi connectivity index (χ0n) is 16.6. The van der Waals surface area contributed by atoms with Gasteiger partial charge in [0.1, 0.15) is 17.4 Å². The fourth-order valence-corrected chi connectivity index (χ4v) is 2.47. The fourth-order valence-electron chi connectivity index (χ4n) is 2.47. The Balaban J connectivity index is 1.79. The van der Waals surface area contributed by atoms with Crippen molar-refractivity contribution in [3.8, 4) is 5.75 Å². The first-order chi connectivity index (χ1) is 13.8. The Morgan fingerprint density at radius 3 is 2.66 bits per heavy atom. The number of hydrogen-bond donors (Lipinski definition) is 2. The van der Waals surface area contributed by atoms with Crippen LogP contribution < -0.4 is 21.0 Å². The van der Waals surface area contributed by atoms with E-state index in [2.05, 4.69) is 10.6 Å². The fraction of sp³-hybridized carbons (Fsp3) is 0.400. The Hall–Kier alpha value is -3.36. The van der Waals surface area contributed by atoms with Crippen LogP contribution in [0.5, 0.6) is 5.75 Å². The van der Waals surface area contributed by atoms with Crippen molar-refractivity contribution in [1.82, 2.24) is 10.6 Å². The molecule has 2 rings (SSSR count). The number of nitrogens with one attached hydrogen (secondary N) is 2. The van der Waals surface area contributed by atoms with Crippen LogP contribution in [0.2, 0.25) is 0 Å². The second-order valence-electron chi connectivity index (χ2n) is 6.44. The molecule has 0 aliphatic heterocycles. The van der Waals surface area contributed by atoms with Crippen molar-refractivity contribution in [2.45, 2.75) is 33.2 Å². The minimum absolute atomic E-state index is 0.312. The van der Waals surface area contributed by atoms with E-state index in [1.54, 1.807) is 19.1 Å². The zero-order chi connectivity index (χ0) is 21.4. The molecule has 1 atom stereocenters. The van der Waals surface area contributed by atoms with E-state index in [1.165, 1.54) is 19.1 Å². The van der Waals surface area contributed by atoms with Gasteiger partial charge < -0.3 is 24.5 Å². The summed E-state index contributed by atoms with van der Waals surface area (Å²) in [5.41, 5.74) is 0.636. The van der Waals surface area contributed by atoms with Gasteiger partial charge in [0.25, 0.3) is 5.91 Å². The van der Waals surface area contributed by atoms with E-state index in [0.29, 0.717) is 17.9 Å². The summed E-state index contributed by atoms with van der Waals surface area (Å²) < 4.78 is 15.3. The molecule has 0 fully saturated rings. The predicted molar refractivity (Wildman–Crippen MR) is 105 cm³/mol. The standard InChI is InChI=1S/C20H24N2O7/c1-4-7-21-20(26)13(3)22-17(23)10-28-19(25)11-27-14-5-6-15-12(2)8-18(24)29-16(15)9-14/h5-6,8-9,13H,4,7,10-11H2,1-3H3,(H,21,26)(H,22,23)/t13-/m0/s1. The van der Waals surface area contributed by atoms with Crippen LogP contribution in [0.15, 0.2) is 33.5 Å². The van der Waals surface area contributed by atoms with Gasteiger partial charge in [0.15, 0.2) is 13.2 Å². The average molecular weight is 404 g/mol. The number of amides is 2. The molecular formula is C20H24N2O7. The van der Waals surface area contributed by atoms with Crippen LogP contribution >= 0.6 is 0 Å². The van der Waals surface area contributed by atoms with Gasteiger partial charge in [-0.05, 0) is 38.0 Å². The number of ether oxygens (including phenoxy) is 2. The predicted octanol–water partition coefficient (Wildman–Crippen LogP) is 1.05. The van der Waals surface area contributed by atoms with Gasteiger partial charge in [-0.1, -0.05) is 6.92 Å². The van der Waals surface area contributed by atoms with E-state index < -0.39 is 36.8 Å². The number of hydrogen-bond acceptors (Lipinski definition) is 7.